The summed E-state index contributed by atoms with van der Waals surface area (Å²) in [5, 5.41) is 0. The lowest BCUT2D eigenvalue weighted by Gasteiger charge is -2.30. The topological polar surface area (TPSA) is 23.6 Å². The lowest BCUT2D eigenvalue weighted by Crippen LogP contribution is -2.40. The number of carbonyl (C=O) groups excluding carboxylic acids is 1. The largest absolute Gasteiger partial charge is 0.348 e. The van der Waals surface area contributed by atoms with Crippen LogP contribution in [0.5, 0.6) is 0 Å². The lowest BCUT2D eigenvalue weighted by atomic mass is 9.99. The van der Waals surface area contributed by atoms with Crippen molar-refractivity contribution in [3.8, 4) is 0 Å². The average molecular weight is 183 g/mol. The highest BCUT2D eigenvalue weighted by Crippen LogP contribution is 2.14. The molecule has 1 amide bonds. The molecule has 0 aromatic heterocycles. The first-order chi connectivity index (χ1) is 6.09. The number of nitrogens with zero attached hydrogens (tertiary/aromatic N) is 2. The maximum Gasteiger partial charge on any atom is 0.236 e. The van der Waals surface area contributed by atoms with Crippen LogP contribution in [0.15, 0.2) is 0 Å². The molecule has 0 saturated carbocycles. The van der Waals surface area contributed by atoms with E-state index >= 15 is 0 Å². The van der Waals surface area contributed by atoms with Crippen molar-refractivity contribution >= 4 is 5.91 Å². The first-order valence-corrected chi connectivity index (χ1v) is 4.85. The van der Waals surface area contributed by atoms with Crippen LogP contribution in [-0.4, -0.2) is 49.4 Å². The molecule has 1 saturated heterocycles. The number of piperidine rings is 1. The fourth-order valence-electron chi connectivity index (χ4n) is 1.48. The summed E-state index contributed by atoms with van der Waals surface area (Å²) in [6, 6.07) is 0. The van der Waals surface area contributed by atoms with Gasteiger partial charge in [-0.2, -0.15) is 0 Å². The first kappa shape index (κ1) is 10.5. The highest BCUT2D eigenvalue weighted by Gasteiger charge is 2.18. The van der Waals surface area contributed by atoms with Gasteiger partial charge in [-0.25, -0.2) is 0 Å². The summed E-state index contributed by atoms with van der Waals surface area (Å²) in [4.78, 5) is 15.2. The fourth-order valence-corrected chi connectivity index (χ4v) is 1.48. The van der Waals surface area contributed by atoms with Gasteiger partial charge in [-0.15, -0.1) is 0 Å². The molecule has 3 heteroatoms. The summed E-state index contributed by atoms with van der Waals surface area (Å²) in [5.74, 6) is 0.785. The van der Waals surface area contributed by atoms with Crippen LogP contribution in [0, 0.1) is 12.8 Å². The van der Waals surface area contributed by atoms with Crippen LogP contribution < -0.4 is 0 Å². The number of rotatable bonds is 2. The molecular formula is C10H19N2O. The van der Waals surface area contributed by atoms with Crippen LogP contribution >= 0.6 is 0 Å². The van der Waals surface area contributed by atoms with Gasteiger partial charge in [0.15, 0.2) is 0 Å². The molecule has 13 heavy (non-hydrogen) atoms. The third-order valence-corrected chi connectivity index (χ3v) is 2.56. The zero-order chi connectivity index (χ0) is 9.84. The molecule has 1 aliphatic rings. The van der Waals surface area contributed by atoms with E-state index in [0.29, 0.717) is 12.5 Å². The minimum absolute atomic E-state index is 0.197. The molecule has 0 spiro atoms. The van der Waals surface area contributed by atoms with Crippen LogP contribution in [-0.2, 0) is 4.79 Å². The van der Waals surface area contributed by atoms with E-state index < -0.39 is 0 Å². The SMILES string of the molecule is [CH2]C1CCN(CC(=O)N(C)C)CC1. The predicted molar refractivity (Wildman–Crippen MR) is 53.2 cm³/mol. The van der Waals surface area contributed by atoms with Gasteiger partial charge in [-0.05, 0) is 31.8 Å². The molecule has 1 aliphatic heterocycles. The Morgan fingerprint density at radius 3 is 2.46 bits per heavy atom. The summed E-state index contributed by atoms with van der Waals surface area (Å²) >= 11 is 0. The van der Waals surface area contributed by atoms with Crippen molar-refractivity contribution in [1.82, 2.24) is 9.80 Å². The van der Waals surface area contributed by atoms with E-state index in [1.54, 1.807) is 19.0 Å². The highest BCUT2D eigenvalue weighted by atomic mass is 16.2. The van der Waals surface area contributed by atoms with E-state index in [0.717, 1.165) is 25.9 Å². The van der Waals surface area contributed by atoms with Crippen molar-refractivity contribution in [2.75, 3.05) is 33.7 Å². The Balaban J connectivity index is 2.26. The lowest BCUT2D eigenvalue weighted by molar-refractivity contribution is -0.130. The maximum atomic E-state index is 11.4. The zero-order valence-electron chi connectivity index (χ0n) is 8.62. The first-order valence-electron chi connectivity index (χ1n) is 4.85. The van der Waals surface area contributed by atoms with Gasteiger partial charge in [0.1, 0.15) is 0 Å². The molecule has 0 atom stereocenters. The van der Waals surface area contributed by atoms with Gasteiger partial charge >= 0.3 is 0 Å². The molecule has 75 valence electrons. The number of likely N-dealkylation sites (tertiary alicyclic amines) is 1. The van der Waals surface area contributed by atoms with Crippen molar-refractivity contribution in [3.05, 3.63) is 6.92 Å². The standard InChI is InChI=1S/C10H19N2O/c1-9-4-6-12(7-5-9)8-10(13)11(2)3/h9H,1,4-8H2,2-3H3. The van der Waals surface area contributed by atoms with Gasteiger partial charge in [0.2, 0.25) is 5.91 Å². The number of amides is 1. The monoisotopic (exact) mass is 183 g/mol. The summed E-state index contributed by atoms with van der Waals surface area (Å²) in [6.45, 7) is 6.64. The van der Waals surface area contributed by atoms with Gasteiger partial charge in [-0.3, -0.25) is 9.69 Å². The molecule has 0 bridgehead atoms. The van der Waals surface area contributed by atoms with E-state index in [4.69, 9.17) is 0 Å². The average Bonchev–Trinajstić information content (AvgIpc) is 2.08. The molecule has 3 nitrogen and oxygen atoms in total. The van der Waals surface area contributed by atoms with Gasteiger partial charge in [0.05, 0.1) is 6.54 Å². The Bertz CT molecular complexity index is 172. The molecule has 1 radical (unpaired) electrons. The van der Waals surface area contributed by atoms with Crippen LogP contribution in [0.25, 0.3) is 0 Å². The molecule has 1 heterocycles. The minimum atomic E-state index is 0.197. The van der Waals surface area contributed by atoms with E-state index in [9.17, 15) is 4.79 Å². The number of hydrogen-bond donors (Lipinski definition) is 0. The fraction of sp³-hybridized carbons (Fsp3) is 0.800. The minimum Gasteiger partial charge on any atom is -0.348 e. The Morgan fingerprint density at radius 1 is 1.46 bits per heavy atom. The normalized spacial score (nSPS) is 20.2. The maximum absolute atomic E-state index is 11.4. The Morgan fingerprint density at radius 2 is 2.00 bits per heavy atom. The van der Waals surface area contributed by atoms with E-state index in [1.807, 2.05) is 0 Å². The molecular weight excluding hydrogens is 164 g/mol. The molecule has 0 aromatic carbocycles. The van der Waals surface area contributed by atoms with Crippen LogP contribution in [0.1, 0.15) is 12.8 Å². The second-order valence-electron chi connectivity index (χ2n) is 4.01. The second kappa shape index (κ2) is 4.61. The summed E-state index contributed by atoms with van der Waals surface area (Å²) in [5.41, 5.74) is 0. The predicted octanol–water partition coefficient (Wildman–Crippen LogP) is 0.621. The molecule has 1 fully saturated rings. The third kappa shape index (κ3) is 3.35. The zero-order valence-corrected chi connectivity index (χ0v) is 8.62. The van der Waals surface area contributed by atoms with Crippen molar-refractivity contribution in [3.63, 3.8) is 0 Å². The molecule has 0 unspecified atom stereocenters. The quantitative estimate of drug-likeness (QED) is 0.626. The van der Waals surface area contributed by atoms with Crippen molar-refractivity contribution in [2.24, 2.45) is 5.92 Å². The Hall–Kier alpha value is -0.570. The summed E-state index contributed by atoms with van der Waals surface area (Å²) < 4.78 is 0. The van der Waals surface area contributed by atoms with E-state index in [1.165, 1.54) is 0 Å². The van der Waals surface area contributed by atoms with Crippen LogP contribution in [0.3, 0.4) is 0 Å². The third-order valence-electron chi connectivity index (χ3n) is 2.56. The smallest absolute Gasteiger partial charge is 0.236 e. The number of likely N-dealkylation sites (N-methyl/N-ethyl adjacent to an activating group) is 1. The van der Waals surface area contributed by atoms with Crippen molar-refractivity contribution in [2.45, 2.75) is 12.8 Å². The Kier molecular flexibility index (Phi) is 3.72. The van der Waals surface area contributed by atoms with Gasteiger partial charge < -0.3 is 4.90 Å². The summed E-state index contributed by atoms with van der Waals surface area (Å²) in [7, 11) is 3.60. The molecule has 1 rings (SSSR count). The van der Waals surface area contributed by atoms with E-state index in [-0.39, 0.29) is 5.91 Å². The van der Waals surface area contributed by atoms with Gasteiger partial charge in [0, 0.05) is 14.1 Å². The molecule has 0 N–H and O–H groups in total. The second-order valence-corrected chi connectivity index (χ2v) is 4.01. The molecule has 0 aromatic rings. The summed E-state index contributed by atoms with van der Waals surface area (Å²) in [6.07, 6.45) is 2.25. The van der Waals surface area contributed by atoms with E-state index in [2.05, 4.69) is 11.8 Å². The van der Waals surface area contributed by atoms with Gasteiger partial charge in [-0.1, -0.05) is 6.92 Å². The molecule has 0 aliphatic carbocycles. The number of hydrogen-bond acceptors (Lipinski definition) is 2. The van der Waals surface area contributed by atoms with Gasteiger partial charge in [0.25, 0.3) is 0 Å². The van der Waals surface area contributed by atoms with Crippen molar-refractivity contribution < 1.29 is 4.79 Å². The Labute approximate surface area is 80.7 Å². The highest BCUT2D eigenvalue weighted by molar-refractivity contribution is 5.77. The van der Waals surface area contributed by atoms with Crippen LogP contribution in [0.2, 0.25) is 0 Å². The van der Waals surface area contributed by atoms with Crippen molar-refractivity contribution in [1.29, 1.82) is 0 Å². The van der Waals surface area contributed by atoms with Crippen LogP contribution in [0.4, 0.5) is 0 Å². The number of carbonyl (C=O) groups is 1.